The van der Waals surface area contributed by atoms with E-state index in [1.165, 1.54) is 0 Å². The molecule has 1 fully saturated rings. The Balaban J connectivity index is 1.62. The van der Waals surface area contributed by atoms with E-state index in [1.807, 2.05) is 60.9 Å². The van der Waals surface area contributed by atoms with E-state index in [-0.39, 0.29) is 12.3 Å². The molecule has 1 aliphatic rings. The number of nitrogens with zero attached hydrogens (tertiary/aromatic N) is 2. The van der Waals surface area contributed by atoms with Gasteiger partial charge < -0.3 is 14.6 Å². The molecule has 3 amide bonds. The SMILES string of the molecule is COCCn1c(C)cc(C(=O)CN2C(=O)NC(C)(c3cccc4ccccc34)C2=O)c1C. The van der Waals surface area contributed by atoms with E-state index in [2.05, 4.69) is 5.32 Å². The molecule has 32 heavy (non-hydrogen) atoms. The molecule has 2 aromatic carbocycles. The maximum absolute atomic E-state index is 13.4. The van der Waals surface area contributed by atoms with Crippen molar-refractivity contribution in [1.82, 2.24) is 14.8 Å². The molecule has 1 aliphatic heterocycles. The Morgan fingerprint density at radius 1 is 1.09 bits per heavy atom. The normalized spacial score (nSPS) is 18.4. The number of hydrogen-bond acceptors (Lipinski definition) is 4. The monoisotopic (exact) mass is 433 g/mol. The van der Waals surface area contributed by atoms with Crippen molar-refractivity contribution in [2.75, 3.05) is 20.3 Å². The number of hydrogen-bond donors (Lipinski definition) is 1. The fraction of sp³-hybridized carbons (Fsp3) is 0.320. The number of nitrogens with one attached hydrogen (secondary N) is 1. The van der Waals surface area contributed by atoms with Crippen LogP contribution in [0.1, 0.15) is 34.2 Å². The Bertz CT molecular complexity index is 1220. The van der Waals surface area contributed by atoms with Crippen molar-refractivity contribution in [3.63, 3.8) is 0 Å². The molecule has 4 rings (SSSR count). The average molecular weight is 434 g/mol. The van der Waals surface area contributed by atoms with E-state index in [0.717, 1.165) is 27.1 Å². The van der Waals surface area contributed by atoms with Crippen LogP contribution in [0.25, 0.3) is 10.8 Å². The molecule has 0 saturated carbocycles. The second-order valence-corrected chi connectivity index (χ2v) is 8.33. The number of carbonyl (C=O) groups is 3. The molecule has 0 radical (unpaired) electrons. The highest BCUT2D eigenvalue weighted by atomic mass is 16.5. The molecule has 1 saturated heterocycles. The quantitative estimate of drug-likeness (QED) is 0.456. The number of Topliss-reactive ketones (excluding diaryl/α,β-unsaturated/α-hetero) is 1. The third-order valence-electron chi connectivity index (χ3n) is 6.30. The summed E-state index contributed by atoms with van der Waals surface area (Å²) in [5.41, 5.74) is 1.71. The van der Waals surface area contributed by atoms with Gasteiger partial charge in [0.15, 0.2) is 5.78 Å². The number of ketones is 1. The van der Waals surface area contributed by atoms with Crippen LogP contribution in [0.5, 0.6) is 0 Å². The fourth-order valence-corrected chi connectivity index (χ4v) is 4.52. The Morgan fingerprint density at radius 2 is 1.81 bits per heavy atom. The second-order valence-electron chi connectivity index (χ2n) is 8.33. The van der Waals surface area contributed by atoms with Crippen LogP contribution < -0.4 is 5.32 Å². The van der Waals surface area contributed by atoms with Crippen LogP contribution in [0.4, 0.5) is 4.79 Å². The zero-order chi connectivity index (χ0) is 23.0. The number of methoxy groups -OCH3 is 1. The number of aryl methyl sites for hydroxylation is 1. The zero-order valence-electron chi connectivity index (χ0n) is 18.8. The number of carbonyl (C=O) groups excluding carboxylic acids is 3. The van der Waals surface area contributed by atoms with Crippen LogP contribution >= 0.6 is 0 Å². The number of fused-ring (bicyclic) bond motifs is 1. The van der Waals surface area contributed by atoms with Crippen molar-refractivity contribution in [1.29, 1.82) is 0 Å². The van der Waals surface area contributed by atoms with Crippen LogP contribution in [0.3, 0.4) is 0 Å². The number of benzene rings is 2. The average Bonchev–Trinajstić information content (AvgIpc) is 3.19. The van der Waals surface area contributed by atoms with Crippen molar-refractivity contribution in [3.05, 3.63) is 71.0 Å². The summed E-state index contributed by atoms with van der Waals surface area (Å²) >= 11 is 0. The molecule has 0 spiro atoms. The van der Waals surface area contributed by atoms with E-state index >= 15 is 0 Å². The molecule has 2 heterocycles. The molecule has 7 heteroatoms. The van der Waals surface area contributed by atoms with E-state index in [1.54, 1.807) is 20.1 Å². The highest BCUT2D eigenvalue weighted by molar-refractivity contribution is 6.12. The van der Waals surface area contributed by atoms with Crippen LogP contribution in [-0.4, -0.2) is 47.4 Å². The van der Waals surface area contributed by atoms with Gasteiger partial charge in [0, 0.05) is 30.6 Å². The van der Waals surface area contributed by atoms with Gasteiger partial charge in [-0.15, -0.1) is 0 Å². The summed E-state index contributed by atoms with van der Waals surface area (Å²) in [6.45, 7) is 6.33. The first-order valence-electron chi connectivity index (χ1n) is 10.6. The Hall–Kier alpha value is -3.45. The first-order valence-corrected chi connectivity index (χ1v) is 10.6. The van der Waals surface area contributed by atoms with Gasteiger partial charge in [-0.05, 0) is 43.2 Å². The molecule has 1 N–H and O–H groups in total. The largest absolute Gasteiger partial charge is 0.383 e. The van der Waals surface area contributed by atoms with Gasteiger partial charge in [-0.1, -0.05) is 42.5 Å². The number of rotatable bonds is 7. The lowest BCUT2D eigenvalue weighted by Gasteiger charge is -2.24. The Kier molecular flexibility index (Phi) is 5.60. The lowest BCUT2D eigenvalue weighted by atomic mass is 9.88. The number of aromatic nitrogens is 1. The lowest BCUT2D eigenvalue weighted by molar-refractivity contribution is -0.130. The van der Waals surface area contributed by atoms with Gasteiger partial charge in [0.2, 0.25) is 0 Å². The number of imide groups is 1. The minimum absolute atomic E-state index is 0.271. The van der Waals surface area contributed by atoms with Crippen molar-refractivity contribution < 1.29 is 19.1 Å². The molecule has 3 aromatic rings. The van der Waals surface area contributed by atoms with Crippen molar-refractivity contribution in [3.8, 4) is 0 Å². The summed E-state index contributed by atoms with van der Waals surface area (Å²) < 4.78 is 7.15. The topological polar surface area (TPSA) is 80.6 Å². The van der Waals surface area contributed by atoms with Gasteiger partial charge in [-0.3, -0.25) is 14.5 Å². The lowest BCUT2D eigenvalue weighted by Crippen LogP contribution is -2.41. The van der Waals surface area contributed by atoms with Crippen LogP contribution in [0, 0.1) is 13.8 Å². The van der Waals surface area contributed by atoms with Gasteiger partial charge in [-0.2, -0.15) is 0 Å². The number of ether oxygens (including phenoxy) is 1. The highest BCUT2D eigenvalue weighted by Crippen LogP contribution is 2.34. The van der Waals surface area contributed by atoms with Crippen LogP contribution in [-0.2, 0) is 21.6 Å². The molecule has 166 valence electrons. The Morgan fingerprint density at radius 3 is 2.56 bits per heavy atom. The molecular weight excluding hydrogens is 406 g/mol. The standard InChI is InChI=1S/C25H27N3O4/c1-16-14-20(17(2)27(16)12-13-32-4)22(29)15-28-23(30)25(3,26-24(28)31)21-11-7-9-18-8-5-6-10-19(18)21/h5-11,14H,12-13,15H2,1-4H3,(H,26,31). The minimum atomic E-state index is -1.24. The molecule has 1 atom stereocenters. The van der Waals surface area contributed by atoms with Gasteiger partial charge in [0.05, 0.1) is 13.2 Å². The first-order chi connectivity index (χ1) is 15.3. The summed E-state index contributed by atoms with van der Waals surface area (Å²) in [4.78, 5) is 40.3. The van der Waals surface area contributed by atoms with Crippen LogP contribution in [0.15, 0.2) is 48.5 Å². The Labute approximate surface area is 187 Å². The predicted molar refractivity (Wildman–Crippen MR) is 122 cm³/mol. The highest BCUT2D eigenvalue weighted by Gasteiger charge is 2.50. The van der Waals surface area contributed by atoms with Crippen molar-refractivity contribution >= 4 is 28.5 Å². The van der Waals surface area contributed by atoms with Gasteiger partial charge in [0.1, 0.15) is 5.54 Å². The first kappa shape index (κ1) is 21.8. The van der Waals surface area contributed by atoms with Crippen molar-refractivity contribution in [2.45, 2.75) is 32.9 Å². The zero-order valence-corrected chi connectivity index (χ0v) is 18.8. The summed E-state index contributed by atoms with van der Waals surface area (Å²) in [5, 5.41) is 4.69. The molecule has 0 bridgehead atoms. The second kappa shape index (κ2) is 8.24. The molecule has 7 nitrogen and oxygen atoms in total. The van der Waals surface area contributed by atoms with Crippen LogP contribution in [0.2, 0.25) is 0 Å². The number of urea groups is 1. The fourth-order valence-electron chi connectivity index (χ4n) is 4.52. The third kappa shape index (κ3) is 3.48. The predicted octanol–water partition coefficient (Wildman–Crippen LogP) is 3.55. The molecule has 0 aliphatic carbocycles. The van der Waals surface area contributed by atoms with E-state index in [0.29, 0.717) is 24.3 Å². The van der Waals surface area contributed by atoms with Gasteiger partial charge in [0.25, 0.3) is 5.91 Å². The summed E-state index contributed by atoms with van der Waals surface area (Å²) in [6, 6.07) is 14.6. The van der Waals surface area contributed by atoms with E-state index < -0.39 is 17.5 Å². The van der Waals surface area contributed by atoms with Crippen molar-refractivity contribution in [2.24, 2.45) is 0 Å². The summed E-state index contributed by atoms with van der Waals surface area (Å²) in [5.74, 6) is -0.701. The maximum Gasteiger partial charge on any atom is 0.325 e. The summed E-state index contributed by atoms with van der Waals surface area (Å²) in [6.07, 6.45) is 0. The van der Waals surface area contributed by atoms with E-state index in [9.17, 15) is 14.4 Å². The number of amides is 3. The summed E-state index contributed by atoms with van der Waals surface area (Å²) in [7, 11) is 1.63. The van der Waals surface area contributed by atoms with E-state index in [4.69, 9.17) is 4.74 Å². The molecule has 1 aromatic heterocycles. The van der Waals surface area contributed by atoms with Gasteiger partial charge >= 0.3 is 6.03 Å². The molecular formula is C25H27N3O4. The molecule has 1 unspecified atom stereocenters. The minimum Gasteiger partial charge on any atom is -0.383 e. The third-order valence-corrected chi connectivity index (χ3v) is 6.30. The smallest absolute Gasteiger partial charge is 0.325 e. The van der Waals surface area contributed by atoms with Gasteiger partial charge in [-0.25, -0.2) is 4.79 Å². The maximum atomic E-state index is 13.4.